The molecule has 2 heterocycles. The summed E-state index contributed by atoms with van der Waals surface area (Å²) in [7, 11) is 0. The third kappa shape index (κ3) is 3.74. The molecule has 4 aliphatic carbocycles. The van der Waals surface area contributed by atoms with Crippen molar-refractivity contribution in [3.8, 4) is 11.3 Å². The topological polar surface area (TPSA) is 79.2 Å². The van der Waals surface area contributed by atoms with Gasteiger partial charge >= 0.3 is 6.03 Å². The molecule has 4 bridgehead atoms. The summed E-state index contributed by atoms with van der Waals surface area (Å²) in [6, 6.07) is 18.3. The molecule has 36 heavy (non-hydrogen) atoms. The highest BCUT2D eigenvalue weighted by Gasteiger charge is 2.56. The van der Waals surface area contributed by atoms with Gasteiger partial charge in [0, 0.05) is 16.8 Å². The lowest BCUT2D eigenvalue weighted by molar-refractivity contribution is -0.0765. The molecule has 4 saturated carbocycles. The first-order valence-electron chi connectivity index (χ1n) is 13.5. The van der Waals surface area contributed by atoms with Gasteiger partial charge in [0.2, 0.25) is 0 Å². The van der Waals surface area contributed by atoms with Crippen molar-refractivity contribution in [2.24, 2.45) is 23.7 Å². The number of anilines is 1. The number of imidazole rings is 1. The Morgan fingerprint density at radius 1 is 1.03 bits per heavy atom. The van der Waals surface area contributed by atoms with E-state index < -0.39 is 0 Å². The first kappa shape index (κ1) is 22.1. The van der Waals surface area contributed by atoms with Crippen LogP contribution in [-0.2, 0) is 0 Å². The maximum Gasteiger partial charge on any atom is 0.319 e. The average molecular weight is 483 g/mol. The number of carbonyl (C=O) groups is 1. The van der Waals surface area contributed by atoms with E-state index in [-0.39, 0.29) is 23.7 Å². The number of amides is 2. The van der Waals surface area contributed by atoms with Crippen molar-refractivity contribution in [2.45, 2.75) is 62.6 Å². The van der Waals surface area contributed by atoms with Crippen molar-refractivity contribution >= 4 is 11.7 Å². The van der Waals surface area contributed by atoms with Crippen LogP contribution in [0.25, 0.3) is 11.3 Å². The second-order valence-electron chi connectivity index (χ2n) is 11.8. The number of hydrogen-bond acceptors (Lipinski definition) is 3. The smallest absolute Gasteiger partial charge is 0.319 e. The van der Waals surface area contributed by atoms with Crippen molar-refractivity contribution in [3.05, 3.63) is 72.7 Å². The van der Waals surface area contributed by atoms with Gasteiger partial charge in [0.15, 0.2) is 0 Å². The highest BCUT2D eigenvalue weighted by molar-refractivity contribution is 5.89. The van der Waals surface area contributed by atoms with Gasteiger partial charge in [-0.2, -0.15) is 0 Å². The summed E-state index contributed by atoms with van der Waals surface area (Å²) in [6.07, 6.45) is 10.7. The summed E-state index contributed by atoms with van der Waals surface area (Å²) in [5.74, 6) is 2.41. The number of aliphatic hydroxyl groups is 1. The molecule has 6 nitrogen and oxygen atoms in total. The summed E-state index contributed by atoms with van der Waals surface area (Å²) in [6.45, 7) is 0. The van der Waals surface area contributed by atoms with Crippen molar-refractivity contribution < 1.29 is 9.90 Å². The van der Waals surface area contributed by atoms with Gasteiger partial charge in [-0.1, -0.05) is 42.5 Å². The zero-order valence-electron chi connectivity index (χ0n) is 20.5. The van der Waals surface area contributed by atoms with E-state index in [9.17, 15) is 9.90 Å². The molecule has 1 aliphatic heterocycles. The third-order valence-corrected chi connectivity index (χ3v) is 9.52. The number of carbonyl (C=O) groups excluding carboxylic acids is 1. The Hall–Kier alpha value is -3.12. The molecule has 186 valence electrons. The van der Waals surface area contributed by atoms with Gasteiger partial charge in [-0.3, -0.25) is 0 Å². The molecule has 1 aromatic heterocycles. The zero-order chi connectivity index (χ0) is 24.3. The molecule has 3 aromatic rings. The average Bonchev–Trinajstić information content (AvgIpc) is 3.44. The summed E-state index contributed by atoms with van der Waals surface area (Å²) in [5, 5.41) is 17.8. The molecule has 6 heteroatoms. The van der Waals surface area contributed by atoms with Crippen LogP contribution in [0.5, 0.6) is 0 Å². The fourth-order valence-corrected chi connectivity index (χ4v) is 8.43. The maximum absolute atomic E-state index is 12.9. The minimum Gasteiger partial charge on any atom is -0.393 e. The number of benzene rings is 2. The first-order chi connectivity index (χ1) is 17.6. The van der Waals surface area contributed by atoms with Gasteiger partial charge in [-0.15, -0.1) is 0 Å². The molecule has 4 atom stereocenters. The second kappa shape index (κ2) is 8.48. The molecule has 2 amide bonds. The molecule has 0 saturated heterocycles. The summed E-state index contributed by atoms with van der Waals surface area (Å²) >= 11 is 0. The van der Waals surface area contributed by atoms with E-state index in [0.29, 0.717) is 23.7 Å². The standard InChI is InChI=1S/C30H34N4O2/c35-23(13-27-24-8-4-5-9-25(24)28-17-31-18-34(27)28)12-26-20-10-19-11-21(26)16-30(14-19,15-20)33-29(36)32-22-6-2-1-3-7-22/h1-9,17-21,23,26-27,35H,10-16H2,(H2,32,33,36). The van der Waals surface area contributed by atoms with Gasteiger partial charge in [0.05, 0.1) is 30.4 Å². The maximum atomic E-state index is 12.9. The molecular formula is C30H34N4O2. The number of urea groups is 1. The number of rotatable bonds is 6. The molecule has 2 aromatic carbocycles. The zero-order valence-corrected chi connectivity index (χ0v) is 20.5. The van der Waals surface area contributed by atoms with Crippen molar-refractivity contribution in [3.63, 3.8) is 0 Å². The number of hydrogen-bond donors (Lipinski definition) is 3. The van der Waals surface area contributed by atoms with E-state index in [2.05, 4.69) is 44.5 Å². The lowest BCUT2D eigenvalue weighted by Crippen LogP contribution is -2.63. The van der Waals surface area contributed by atoms with Crippen LogP contribution >= 0.6 is 0 Å². The van der Waals surface area contributed by atoms with Crippen LogP contribution < -0.4 is 10.6 Å². The van der Waals surface area contributed by atoms with Crippen molar-refractivity contribution in [1.82, 2.24) is 14.9 Å². The third-order valence-electron chi connectivity index (χ3n) is 9.52. The number of aromatic nitrogens is 2. The molecular weight excluding hydrogens is 448 g/mol. The van der Waals surface area contributed by atoms with Crippen LogP contribution in [0.15, 0.2) is 67.1 Å². The van der Waals surface area contributed by atoms with E-state index in [0.717, 1.165) is 43.5 Å². The van der Waals surface area contributed by atoms with Crippen molar-refractivity contribution in [1.29, 1.82) is 0 Å². The number of aliphatic hydroxyl groups excluding tert-OH is 1. The van der Waals surface area contributed by atoms with Gasteiger partial charge in [-0.05, 0) is 86.3 Å². The first-order valence-corrected chi connectivity index (χ1v) is 13.5. The predicted octanol–water partition coefficient (Wildman–Crippen LogP) is 5.61. The van der Waals surface area contributed by atoms with Gasteiger partial charge < -0.3 is 20.3 Å². The highest BCUT2D eigenvalue weighted by Crippen LogP contribution is 2.59. The number of para-hydroxylation sites is 1. The highest BCUT2D eigenvalue weighted by atomic mass is 16.3. The van der Waals surface area contributed by atoms with E-state index in [4.69, 9.17) is 0 Å². The van der Waals surface area contributed by atoms with Gasteiger partial charge in [0.25, 0.3) is 0 Å². The number of nitrogens with zero attached hydrogens (tertiary/aromatic N) is 2. The molecule has 4 fully saturated rings. The summed E-state index contributed by atoms with van der Waals surface area (Å²) in [4.78, 5) is 17.2. The number of fused-ring (bicyclic) bond motifs is 3. The van der Waals surface area contributed by atoms with E-state index in [1.807, 2.05) is 42.9 Å². The van der Waals surface area contributed by atoms with Crippen LogP contribution in [0.4, 0.5) is 10.5 Å². The van der Waals surface area contributed by atoms with E-state index >= 15 is 0 Å². The molecule has 3 N–H and O–H groups in total. The van der Waals surface area contributed by atoms with E-state index in [1.54, 1.807) is 0 Å². The lowest BCUT2D eigenvalue weighted by atomic mass is 9.48. The molecule has 0 spiro atoms. The van der Waals surface area contributed by atoms with Gasteiger partial charge in [0.1, 0.15) is 0 Å². The molecule has 4 unspecified atom stereocenters. The molecule has 5 aliphatic rings. The minimum absolute atomic E-state index is 0.0873. The van der Waals surface area contributed by atoms with Crippen LogP contribution in [-0.4, -0.2) is 32.3 Å². The fourth-order valence-electron chi connectivity index (χ4n) is 8.43. The Labute approximate surface area is 212 Å². The minimum atomic E-state index is -0.343. The molecule has 0 radical (unpaired) electrons. The van der Waals surface area contributed by atoms with Crippen LogP contribution in [0, 0.1) is 23.7 Å². The van der Waals surface area contributed by atoms with Crippen molar-refractivity contribution in [2.75, 3.05) is 5.32 Å². The van der Waals surface area contributed by atoms with Crippen LogP contribution in [0.1, 0.15) is 56.6 Å². The summed E-state index contributed by atoms with van der Waals surface area (Å²) in [5.41, 5.74) is 4.43. The fraction of sp³-hybridized carbons (Fsp3) is 0.467. The second-order valence-corrected chi connectivity index (χ2v) is 11.8. The Morgan fingerprint density at radius 2 is 1.78 bits per heavy atom. The Balaban J connectivity index is 1.02. The summed E-state index contributed by atoms with van der Waals surface area (Å²) < 4.78 is 2.23. The Morgan fingerprint density at radius 3 is 2.58 bits per heavy atom. The monoisotopic (exact) mass is 482 g/mol. The largest absolute Gasteiger partial charge is 0.393 e. The van der Waals surface area contributed by atoms with Crippen LogP contribution in [0.2, 0.25) is 0 Å². The molecule has 8 rings (SSSR count). The van der Waals surface area contributed by atoms with E-state index in [1.165, 1.54) is 24.0 Å². The SMILES string of the molecule is O=C(Nc1ccccc1)NC12CC3CC(C1)C(CC(O)CC1c4ccccc4-c4cncn41)C(C3)C2. The Bertz CT molecular complexity index is 1250. The lowest BCUT2D eigenvalue weighted by Gasteiger charge is -2.60. The predicted molar refractivity (Wildman–Crippen MR) is 139 cm³/mol. The Kier molecular flexibility index (Phi) is 5.21. The van der Waals surface area contributed by atoms with Crippen LogP contribution in [0.3, 0.4) is 0 Å². The quantitative estimate of drug-likeness (QED) is 0.427. The van der Waals surface area contributed by atoms with Gasteiger partial charge in [-0.25, -0.2) is 9.78 Å². The normalized spacial score (nSPS) is 32.1. The number of nitrogens with one attached hydrogen (secondary N) is 2.